The lowest BCUT2D eigenvalue weighted by Gasteiger charge is -2.33. The highest BCUT2D eigenvalue weighted by Crippen LogP contribution is 2.53. The van der Waals surface area contributed by atoms with E-state index in [2.05, 4.69) is 196 Å². The SMILES string of the molecule is Cc1ccc(N(c2cc(N(c3ccc(C)cc3C)c3cccc4c3oc3ccccc34)c3ccc4cc(C)cc5ccc2c3c54)c2cccc3c2oc2ccccc23)c(C)c1. The predicted molar refractivity (Wildman–Crippen MR) is 258 cm³/mol. The molecule has 4 nitrogen and oxygen atoms in total. The lowest BCUT2D eigenvalue weighted by atomic mass is 9.90. The number of aryl methyl sites for hydroxylation is 5. The molecule has 0 spiro atoms. The molecule has 0 amide bonds. The Morgan fingerprint density at radius 2 is 0.770 bits per heavy atom. The van der Waals surface area contributed by atoms with E-state index in [1.165, 1.54) is 49.4 Å². The third-order valence-corrected chi connectivity index (χ3v) is 12.7. The van der Waals surface area contributed by atoms with Crippen molar-refractivity contribution < 1.29 is 8.83 Å². The van der Waals surface area contributed by atoms with Crippen LogP contribution in [0.15, 0.2) is 173 Å². The Kier molecular flexibility index (Phi) is 7.67. The van der Waals surface area contributed by atoms with Gasteiger partial charge in [-0.2, -0.15) is 0 Å². The third kappa shape index (κ3) is 5.31. The van der Waals surface area contributed by atoms with Gasteiger partial charge in [-0.3, -0.25) is 0 Å². The number of benzene rings is 10. The second kappa shape index (κ2) is 13.2. The van der Waals surface area contributed by atoms with Crippen molar-refractivity contribution in [3.8, 4) is 0 Å². The minimum absolute atomic E-state index is 0.852. The van der Waals surface area contributed by atoms with E-state index in [1.54, 1.807) is 0 Å². The summed E-state index contributed by atoms with van der Waals surface area (Å²) in [5.74, 6) is 0. The van der Waals surface area contributed by atoms with Crippen molar-refractivity contribution in [2.45, 2.75) is 34.6 Å². The average Bonchev–Trinajstić information content (AvgIpc) is 3.84. The Morgan fingerprint density at radius 3 is 1.25 bits per heavy atom. The molecule has 0 unspecified atom stereocenters. The van der Waals surface area contributed by atoms with Crippen molar-refractivity contribution in [1.82, 2.24) is 0 Å². The molecule has 4 heteroatoms. The number of hydrogen-bond donors (Lipinski definition) is 0. The first-order chi connectivity index (χ1) is 29.8. The highest BCUT2D eigenvalue weighted by atomic mass is 16.3. The third-order valence-electron chi connectivity index (χ3n) is 12.7. The van der Waals surface area contributed by atoms with Crippen LogP contribution in [0, 0.1) is 34.6 Å². The van der Waals surface area contributed by atoms with Crippen molar-refractivity contribution in [3.05, 3.63) is 192 Å². The predicted octanol–water partition coefficient (Wildman–Crippen LogP) is 16.9. The summed E-state index contributed by atoms with van der Waals surface area (Å²) in [5, 5.41) is 11.6. The van der Waals surface area contributed by atoms with E-state index >= 15 is 0 Å². The van der Waals surface area contributed by atoms with Gasteiger partial charge in [-0.05, 0) is 110 Å². The standard InChI is InChI=1S/C57H42N2O2/c1-33-20-26-46(36(4)28-33)58(48-16-10-14-42-40-12-6-8-18-52(40)60-56(42)48)50-32-51(45-25-23-39-31-35(3)30-38-22-24-44(50)55(45)54(38)39)59(47-27-21-34(2)29-37(47)5)49-17-11-15-43-41-13-7-9-19-53(41)61-57(43)49/h6-32H,1-5H3. The first kappa shape index (κ1) is 35.4. The molecule has 292 valence electrons. The molecule has 61 heavy (non-hydrogen) atoms. The number of para-hydroxylation sites is 4. The van der Waals surface area contributed by atoms with Crippen LogP contribution in [0.2, 0.25) is 0 Å². The summed E-state index contributed by atoms with van der Waals surface area (Å²) in [5.41, 5.74) is 15.7. The summed E-state index contributed by atoms with van der Waals surface area (Å²) < 4.78 is 13.7. The van der Waals surface area contributed by atoms with E-state index in [0.29, 0.717) is 0 Å². The van der Waals surface area contributed by atoms with Crippen LogP contribution in [0.1, 0.15) is 27.8 Å². The fraction of sp³-hybridized carbons (Fsp3) is 0.0877. The monoisotopic (exact) mass is 786 g/mol. The first-order valence-corrected chi connectivity index (χ1v) is 21.1. The zero-order chi connectivity index (χ0) is 41.1. The lowest BCUT2D eigenvalue weighted by Crippen LogP contribution is -2.16. The molecule has 0 saturated heterocycles. The summed E-state index contributed by atoms with van der Waals surface area (Å²) in [4.78, 5) is 4.89. The second-order valence-electron chi connectivity index (χ2n) is 16.9. The molecule has 2 heterocycles. The molecule has 0 saturated carbocycles. The molecule has 12 rings (SSSR count). The molecule has 0 radical (unpaired) electrons. The van der Waals surface area contributed by atoms with Gasteiger partial charge in [0.25, 0.3) is 0 Å². The van der Waals surface area contributed by atoms with Gasteiger partial charge in [0.2, 0.25) is 0 Å². The zero-order valence-corrected chi connectivity index (χ0v) is 34.8. The number of hydrogen-bond acceptors (Lipinski definition) is 4. The molecule has 2 aromatic heterocycles. The van der Waals surface area contributed by atoms with E-state index < -0.39 is 0 Å². The second-order valence-corrected chi connectivity index (χ2v) is 16.9. The quantitative estimate of drug-likeness (QED) is 0.157. The number of furan rings is 2. The number of fused-ring (bicyclic) bond motifs is 6. The lowest BCUT2D eigenvalue weighted by molar-refractivity contribution is 0.669. The Balaban J connectivity index is 1.27. The van der Waals surface area contributed by atoms with Gasteiger partial charge in [-0.1, -0.05) is 132 Å². The fourth-order valence-corrected chi connectivity index (χ4v) is 10.1. The number of anilines is 6. The van der Waals surface area contributed by atoms with Gasteiger partial charge >= 0.3 is 0 Å². The van der Waals surface area contributed by atoms with Gasteiger partial charge in [-0.25, -0.2) is 0 Å². The van der Waals surface area contributed by atoms with Crippen LogP contribution >= 0.6 is 0 Å². The van der Waals surface area contributed by atoms with Crippen molar-refractivity contribution >= 4 is 110 Å². The van der Waals surface area contributed by atoms with E-state index in [-0.39, 0.29) is 0 Å². The number of rotatable bonds is 6. The normalized spacial score (nSPS) is 12.0. The Labute approximate surface area is 353 Å². The first-order valence-electron chi connectivity index (χ1n) is 21.1. The smallest absolute Gasteiger partial charge is 0.159 e. The highest BCUT2D eigenvalue weighted by Gasteiger charge is 2.29. The topological polar surface area (TPSA) is 32.8 Å². The molecule has 0 aliphatic heterocycles. The van der Waals surface area contributed by atoms with Crippen molar-refractivity contribution in [3.63, 3.8) is 0 Å². The molecule has 12 aromatic rings. The van der Waals surface area contributed by atoms with Crippen molar-refractivity contribution in [2.75, 3.05) is 9.80 Å². The molecule has 10 aromatic carbocycles. The Morgan fingerprint density at radius 1 is 0.311 bits per heavy atom. The van der Waals surface area contributed by atoms with Crippen LogP contribution in [0.25, 0.3) is 76.2 Å². The largest absolute Gasteiger partial charge is 0.454 e. The van der Waals surface area contributed by atoms with Gasteiger partial charge in [0.15, 0.2) is 11.2 Å². The Bertz CT molecular complexity index is 3500. The van der Waals surface area contributed by atoms with Gasteiger partial charge in [0, 0.05) is 49.1 Å². The van der Waals surface area contributed by atoms with Crippen LogP contribution < -0.4 is 9.80 Å². The van der Waals surface area contributed by atoms with Gasteiger partial charge in [0.1, 0.15) is 11.2 Å². The van der Waals surface area contributed by atoms with Crippen LogP contribution in [-0.4, -0.2) is 0 Å². The summed E-state index contributed by atoms with van der Waals surface area (Å²) in [7, 11) is 0. The van der Waals surface area contributed by atoms with Crippen molar-refractivity contribution in [1.29, 1.82) is 0 Å². The molecule has 0 N–H and O–H groups in total. The minimum atomic E-state index is 0.852. The van der Waals surface area contributed by atoms with Crippen LogP contribution in [-0.2, 0) is 0 Å². The minimum Gasteiger partial charge on any atom is -0.454 e. The maximum atomic E-state index is 6.87. The van der Waals surface area contributed by atoms with Gasteiger partial charge in [-0.15, -0.1) is 0 Å². The van der Waals surface area contributed by atoms with E-state index in [1.807, 2.05) is 12.1 Å². The highest BCUT2D eigenvalue weighted by molar-refractivity contribution is 6.29. The summed E-state index contributed by atoms with van der Waals surface area (Å²) in [6.07, 6.45) is 0. The zero-order valence-electron chi connectivity index (χ0n) is 34.8. The van der Waals surface area contributed by atoms with Gasteiger partial charge < -0.3 is 18.6 Å². The Hall–Kier alpha value is -7.56. The fourth-order valence-electron chi connectivity index (χ4n) is 10.1. The average molecular weight is 787 g/mol. The van der Waals surface area contributed by atoms with Crippen molar-refractivity contribution in [2.24, 2.45) is 0 Å². The maximum Gasteiger partial charge on any atom is 0.159 e. The van der Waals surface area contributed by atoms with E-state index in [0.717, 1.165) is 88.8 Å². The van der Waals surface area contributed by atoms with Crippen LogP contribution in [0.3, 0.4) is 0 Å². The molecule has 0 bridgehead atoms. The van der Waals surface area contributed by atoms with Gasteiger partial charge in [0.05, 0.1) is 22.7 Å². The van der Waals surface area contributed by atoms with Crippen LogP contribution in [0.4, 0.5) is 34.1 Å². The van der Waals surface area contributed by atoms with E-state index in [4.69, 9.17) is 8.83 Å². The van der Waals surface area contributed by atoms with Crippen LogP contribution in [0.5, 0.6) is 0 Å². The summed E-state index contributed by atoms with van der Waals surface area (Å²) in [6, 6.07) is 59.7. The number of nitrogens with zero attached hydrogens (tertiary/aromatic N) is 2. The maximum absolute atomic E-state index is 6.87. The molecular formula is C57H42N2O2. The summed E-state index contributed by atoms with van der Waals surface area (Å²) in [6.45, 7) is 11.0. The summed E-state index contributed by atoms with van der Waals surface area (Å²) >= 11 is 0. The molecule has 0 aliphatic carbocycles. The van der Waals surface area contributed by atoms with E-state index in [9.17, 15) is 0 Å². The molecule has 0 atom stereocenters. The molecule has 0 aliphatic rings. The molecular weight excluding hydrogens is 745 g/mol. The molecule has 0 fully saturated rings.